The van der Waals surface area contributed by atoms with E-state index >= 15 is 0 Å². The van der Waals surface area contributed by atoms with Crippen molar-refractivity contribution in [1.82, 2.24) is 14.8 Å². The lowest BCUT2D eigenvalue weighted by atomic mass is 9.99. The molecule has 4 rings (SSSR count). The summed E-state index contributed by atoms with van der Waals surface area (Å²) in [4.78, 5) is 4.43. The standard InChI is InChI=1S/C17H17N3O/c1-21-13-6-7-16-14(10-13)17(8-9-18-16)20-11-12-4-2-3-5-15(12)19-20/h6-11H,2-5H2,1H3. The Labute approximate surface area is 123 Å². The van der Waals surface area contributed by atoms with Crippen LogP contribution in [0.5, 0.6) is 5.75 Å². The maximum atomic E-state index is 5.34. The average molecular weight is 279 g/mol. The number of aromatic nitrogens is 3. The molecule has 0 bridgehead atoms. The van der Waals surface area contributed by atoms with Crippen molar-refractivity contribution in [3.8, 4) is 11.4 Å². The molecule has 1 aliphatic rings. The maximum Gasteiger partial charge on any atom is 0.119 e. The Bertz CT molecular complexity index is 783. The zero-order valence-corrected chi connectivity index (χ0v) is 12.0. The second kappa shape index (κ2) is 4.88. The van der Waals surface area contributed by atoms with Crippen LogP contribution in [0.15, 0.2) is 36.7 Å². The molecule has 0 aliphatic heterocycles. The summed E-state index contributed by atoms with van der Waals surface area (Å²) in [5.74, 6) is 0.841. The molecule has 0 saturated heterocycles. The molecular formula is C17H17N3O. The van der Waals surface area contributed by atoms with Gasteiger partial charge in [-0.1, -0.05) is 0 Å². The molecule has 2 aromatic heterocycles. The first-order valence-electron chi connectivity index (χ1n) is 7.36. The number of pyridine rings is 1. The zero-order valence-electron chi connectivity index (χ0n) is 12.0. The Kier molecular flexibility index (Phi) is 2.88. The van der Waals surface area contributed by atoms with Gasteiger partial charge < -0.3 is 4.74 Å². The van der Waals surface area contributed by atoms with E-state index in [0.29, 0.717) is 0 Å². The van der Waals surface area contributed by atoms with Gasteiger partial charge in [0, 0.05) is 17.8 Å². The van der Waals surface area contributed by atoms with Gasteiger partial charge in [0.1, 0.15) is 5.75 Å². The number of hydrogen-bond acceptors (Lipinski definition) is 3. The summed E-state index contributed by atoms with van der Waals surface area (Å²) in [5, 5.41) is 5.84. The molecular weight excluding hydrogens is 262 g/mol. The van der Waals surface area contributed by atoms with Gasteiger partial charge in [-0.25, -0.2) is 4.68 Å². The van der Waals surface area contributed by atoms with Crippen LogP contribution in [-0.4, -0.2) is 21.9 Å². The topological polar surface area (TPSA) is 39.9 Å². The Hall–Kier alpha value is -2.36. The number of ether oxygens (including phenoxy) is 1. The van der Waals surface area contributed by atoms with Gasteiger partial charge in [0.15, 0.2) is 0 Å². The Balaban J connectivity index is 1.91. The van der Waals surface area contributed by atoms with Crippen LogP contribution in [0, 0.1) is 0 Å². The van der Waals surface area contributed by atoms with E-state index in [-0.39, 0.29) is 0 Å². The number of benzene rings is 1. The Morgan fingerprint density at radius 1 is 1.14 bits per heavy atom. The van der Waals surface area contributed by atoms with Gasteiger partial charge in [0.05, 0.1) is 24.0 Å². The molecule has 0 amide bonds. The van der Waals surface area contributed by atoms with Crippen LogP contribution in [0.4, 0.5) is 0 Å². The van der Waals surface area contributed by atoms with Crippen LogP contribution in [0.2, 0.25) is 0 Å². The molecule has 106 valence electrons. The fourth-order valence-electron chi connectivity index (χ4n) is 3.03. The van der Waals surface area contributed by atoms with E-state index in [9.17, 15) is 0 Å². The van der Waals surface area contributed by atoms with Gasteiger partial charge in [-0.2, -0.15) is 5.10 Å². The third-order valence-electron chi connectivity index (χ3n) is 4.16. The van der Waals surface area contributed by atoms with Gasteiger partial charge in [-0.05, 0) is 55.5 Å². The molecule has 0 unspecified atom stereocenters. The number of fused-ring (bicyclic) bond motifs is 2. The van der Waals surface area contributed by atoms with Crippen LogP contribution in [0.3, 0.4) is 0 Å². The van der Waals surface area contributed by atoms with Gasteiger partial charge in [0.2, 0.25) is 0 Å². The van der Waals surface area contributed by atoms with Crippen molar-refractivity contribution in [3.05, 3.63) is 47.9 Å². The molecule has 0 N–H and O–H groups in total. The lowest BCUT2D eigenvalue weighted by molar-refractivity contribution is 0.415. The van der Waals surface area contributed by atoms with Crippen molar-refractivity contribution >= 4 is 10.9 Å². The van der Waals surface area contributed by atoms with Crippen molar-refractivity contribution in [2.75, 3.05) is 7.11 Å². The van der Waals surface area contributed by atoms with E-state index in [1.165, 1.54) is 24.1 Å². The highest BCUT2D eigenvalue weighted by Crippen LogP contribution is 2.27. The first-order chi connectivity index (χ1) is 10.3. The van der Waals surface area contributed by atoms with Crippen LogP contribution in [-0.2, 0) is 12.8 Å². The van der Waals surface area contributed by atoms with Crippen molar-refractivity contribution in [3.63, 3.8) is 0 Å². The number of hydrogen-bond donors (Lipinski definition) is 0. The van der Waals surface area contributed by atoms with E-state index in [0.717, 1.165) is 35.2 Å². The van der Waals surface area contributed by atoms with Gasteiger partial charge in [0.25, 0.3) is 0 Å². The van der Waals surface area contributed by atoms with Crippen molar-refractivity contribution in [2.45, 2.75) is 25.7 Å². The van der Waals surface area contributed by atoms with E-state index in [2.05, 4.69) is 11.2 Å². The van der Waals surface area contributed by atoms with Crippen molar-refractivity contribution < 1.29 is 4.74 Å². The quantitative estimate of drug-likeness (QED) is 0.722. The highest BCUT2D eigenvalue weighted by molar-refractivity contribution is 5.88. The third kappa shape index (κ3) is 2.07. The minimum atomic E-state index is 0.841. The number of aryl methyl sites for hydroxylation is 2. The fraction of sp³-hybridized carbons (Fsp3) is 0.294. The molecule has 4 nitrogen and oxygen atoms in total. The summed E-state index contributed by atoms with van der Waals surface area (Å²) >= 11 is 0. The van der Waals surface area contributed by atoms with Crippen LogP contribution in [0.1, 0.15) is 24.1 Å². The molecule has 0 radical (unpaired) electrons. The summed E-state index contributed by atoms with van der Waals surface area (Å²) in [6, 6.07) is 7.97. The van der Waals surface area contributed by atoms with Gasteiger partial charge in [-0.15, -0.1) is 0 Å². The smallest absolute Gasteiger partial charge is 0.119 e. The first kappa shape index (κ1) is 12.4. The SMILES string of the molecule is COc1ccc2nccc(-n3cc4c(n3)CCCC4)c2c1. The molecule has 3 aromatic rings. The second-order valence-corrected chi connectivity index (χ2v) is 5.47. The van der Waals surface area contributed by atoms with Crippen molar-refractivity contribution in [2.24, 2.45) is 0 Å². The lowest BCUT2D eigenvalue weighted by Gasteiger charge is -2.07. The molecule has 1 aromatic carbocycles. The first-order valence-corrected chi connectivity index (χ1v) is 7.36. The zero-order chi connectivity index (χ0) is 14.2. The summed E-state index contributed by atoms with van der Waals surface area (Å²) in [6.45, 7) is 0. The van der Waals surface area contributed by atoms with Crippen LogP contribution < -0.4 is 4.74 Å². The molecule has 4 heteroatoms. The summed E-state index contributed by atoms with van der Waals surface area (Å²) < 4.78 is 7.34. The lowest BCUT2D eigenvalue weighted by Crippen LogP contribution is -2.00. The van der Waals surface area contributed by atoms with E-state index in [1.54, 1.807) is 7.11 Å². The minimum Gasteiger partial charge on any atom is -0.497 e. The monoisotopic (exact) mass is 279 g/mol. The summed E-state index contributed by atoms with van der Waals surface area (Å²) in [7, 11) is 1.68. The average Bonchev–Trinajstić information content (AvgIpc) is 2.97. The molecule has 1 aliphatic carbocycles. The predicted octanol–water partition coefficient (Wildman–Crippen LogP) is 3.31. The molecule has 0 atom stereocenters. The highest BCUT2D eigenvalue weighted by Gasteiger charge is 2.15. The maximum absolute atomic E-state index is 5.34. The molecule has 2 heterocycles. The van der Waals surface area contributed by atoms with E-state index in [1.807, 2.05) is 35.1 Å². The fourth-order valence-corrected chi connectivity index (χ4v) is 3.03. The highest BCUT2D eigenvalue weighted by atomic mass is 16.5. The van der Waals surface area contributed by atoms with Gasteiger partial charge >= 0.3 is 0 Å². The Morgan fingerprint density at radius 3 is 2.90 bits per heavy atom. The largest absolute Gasteiger partial charge is 0.497 e. The minimum absolute atomic E-state index is 0.841. The van der Waals surface area contributed by atoms with Crippen molar-refractivity contribution in [1.29, 1.82) is 0 Å². The Morgan fingerprint density at radius 2 is 2.05 bits per heavy atom. The molecule has 21 heavy (non-hydrogen) atoms. The summed E-state index contributed by atoms with van der Waals surface area (Å²) in [5.41, 5.74) is 4.65. The second-order valence-electron chi connectivity index (χ2n) is 5.47. The molecule has 0 fully saturated rings. The molecule has 0 saturated carbocycles. The van der Waals surface area contributed by atoms with Gasteiger partial charge in [-0.3, -0.25) is 4.98 Å². The third-order valence-corrected chi connectivity index (χ3v) is 4.16. The molecule has 0 spiro atoms. The number of methoxy groups -OCH3 is 1. The van der Waals surface area contributed by atoms with E-state index < -0.39 is 0 Å². The van der Waals surface area contributed by atoms with Crippen LogP contribution in [0.25, 0.3) is 16.6 Å². The summed E-state index contributed by atoms with van der Waals surface area (Å²) in [6.07, 6.45) is 8.75. The number of rotatable bonds is 2. The normalized spacial score (nSPS) is 14.1. The van der Waals surface area contributed by atoms with Crippen LogP contribution >= 0.6 is 0 Å². The predicted molar refractivity (Wildman–Crippen MR) is 82.1 cm³/mol. The number of nitrogens with zero attached hydrogens (tertiary/aromatic N) is 3. The van der Waals surface area contributed by atoms with E-state index in [4.69, 9.17) is 9.84 Å².